The lowest BCUT2D eigenvalue weighted by Gasteiger charge is -2.11. The summed E-state index contributed by atoms with van der Waals surface area (Å²) in [5.74, 6) is 0.114. The molecule has 8 heteroatoms. The maximum absolute atomic E-state index is 12.7. The Morgan fingerprint density at radius 1 is 0.758 bits per heavy atom. The van der Waals surface area contributed by atoms with E-state index in [-0.39, 0.29) is 23.7 Å². The van der Waals surface area contributed by atoms with Gasteiger partial charge >= 0.3 is 5.97 Å². The van der Waals surface area contributed by atoms with Gasteiger partial charge in [-0.2, -0.15) is 0 Å². The summed E-state index contributed by atoms with van der Waals surface area (Å²) in [6.07, 6.45) is 0. The molecule has 7 nitrogen and oxygen atoms in total. The van der Waals surface area contributed by atoms with Crippen molar-refractivity contribution in [3.8, 4) is 11.5 Å². The highest BCUT2D eigenvalue weighted by Gasteiger charge is 2.14. The molecule has 0 unspecified atom stereocenters. The summed E-state index contributed by atoms with van der Waals surface area (Å²) in [6.45, 7) is 0.533. The van der Waals surface area contributed by atoms with Gasteiger partial charge in [0.2, 0.25) is 0 Å². The summed E-state index contributed by atoms with van der Waals surface area (Å²) >= 11 is 0. The minimum Gasteiger partial charge on any atom is -0.490 e. The number of hydrogen-bond acceptors (Lipinski definition) is 5. The highest BCUT2D eigenvalue weighted by atomic mass is 32.2. The molecular weight excluding hydrogens is 442 g/mol. The molecule has 168 valence electrons. The van der Waals surface area contributed by atoms with E-state index in [2.05, 4.69) is 4.72 Å². The average molecular weight is 464 g/mol. The van der Waals surface area contributed by atoms with Gasteiger partial charge in [-0.25, -0.2) is 13.2 Å². The summed E-state index contributed by atoms with van der Waals surface area (Å²) in [5.41, 5.74) is 0.611. The highest BCUT2D eigenvalue weighted by molar-refractivity contribution is 7.92. The maximum Gasteiger partial charge on any atom is 0.335 e. The molecule has 0 aliphatic carbocycles. The summed E-state index contributed by atoms with van der Waals surface area (Å²) in [5, 5.41) is 10.7. The first-order chi connectivity index (χ1) is 15.9. The summed E-state index contributed by atoms with van der Waals surface area (Å²) in [4.78, 5) is 11.0. The van der Waals surface area contributed by atoms with Crippen LogP contribution in [-0.4, -0.2) is 32.7 Å². The molecule has 0 amide bonds. The van der Waals surface area contributed by atoms with Gasteiger partial charge in [0.15, 0.2) is 0 Å². The third-order valence-corrected chi connectivity index (χ3v) is 6.24. The van der Waals surface area contributed by atoms with E-state index < -0.39 is 16.0 Å². The lowest BCUT2D eigenvalue weighted by molar-refractivity contribution is 0.0697. The quantitative estimate of drug-likeness (QED) is 0.346. The van der Waals surface area contributed by atoms with Gasteiger partial charge < -0.3 is 14.6 Å². The Morgan fingerprint density at radius 3 is 1.94 bits per heavy atom. The molecule has 0 aromatic heterocycles. The number of anilines is 1. The van der Waals surface area contributed by atoms with E-state index in [1.807, 2.05) is 24.3 Å². The van der Waals surface area contributed by atoms with Crippen LogP contribution in [0.3, 0.4) is 0 Å². The number of carboxylic acid groups (broad SMARTS) is 1. The molecule has 2 N–H and O–H groups in total. The van der Waals surface area contributed by atoms with Crippen molar-refractivity contribution in [3.05, 3.63) is 96.6 Å². The van der Waals surface area contributed by atoms with Crippen molar-refractivity contribution in [1.82, 2.24) is 0 Å². The van der Waals surface area contributed by atoms with E-state index in [0.29, 0.717) is 17.2 Å². The molecule has 0 saturated heterocycles. The van der Waals surface area contributed by atoms with Crippen LogP contribution in [0.5, 0.6) is 11.5 Å². The van der Waals surface area contributed by atoms with Crippen molar-refractivity contribution >= 4 is 32.5 Å². The van der Waals surface area contributed by atoms with Gasteiger partial charge in [-0.05, 0) is 71.4 Å². The Labute approximate surface area is 191 Å². The molecule has 0 saturated carbocycles. The molecule has 0 fully saturated rings. The van der Waals surface area contributed by atoms with Crippen molar-refractivity contribution in [2.45, 2.75) is 4.90 Å². The maximum atomic E-state index is 12.7. The van der Waals surface area contributed by atoms with E-state index in [9.17, 15) is 13.2 Å². The predicted octanol–water partition coefficient (Wildman–Crippen LogP) is 4.80. The zero-order valence-corrected chi connectivity index (χ0v) is 18.3. The first-order valence-corrected chi connectivity index (χ1v) is 11.6. The van der Waals surface area contributed by atoms with Crippen LogP contribution in [0.25, 0.3) is 10.8 Å². The summed E-state index contributed by atoms with van der Waals surface area (Å²) in [6, 6.07) is 25.3. The van der Waals surface area contributed by atoms with Gasteiger partial charge in [0, 0.05) is 5.69 Å². The second-order valence-corrected chi connectivity index (χ2v) is 8.85. The van der Waals surface area contributed by atoms with Gasteiger partial charge in [0.1, 0.15) is 24.7 Å². The number of benzene rings is 4. The van der Waals surface area contributed by atoms with E-state index in [1.54, 1.807) is 54.6 Å². The Morgan fingerprint density at radius 2 is 1.33 bits per heavy atom. The Hall–Kier alpha value is -4.04. The molecule has 0 radical (unpaired) electrons. The van der Waals surface area contributed by atoms with Gasteiger partial charge in [0.25, 0.3) is 10.0 Å². The Kier molecular flexibility index (Phi) is 6.46. The first-order valence-electron chi connectivity index (χ1n) is 10.1. The van der Waals surface area contributed by atoms with Crippen molar-refractivity contribution in [2.24, 2.45) is 0 Å². The highest BCUT2D eigenvalue weighted by Crippen LogP contribution is 2.23. The fourth-order valence-corrected chi connectivity index (χ4v) is 4.27. The van der Waals surface area contributed by atoms with Crippen molar-refractivity contribution in [1.29, 1.82) is 0 Å². The molecule has 0 aliphatic rings. The van der Waals surface area contributed by atoms with Crippen LogP contribution >= 0.6 is 0 Å². The molecule has 4 aromatic carbocycles. The number of nitrogens with one attached hydrogen (secondary N) is 1. The fraction of sp³-hybridized carbons (Fsp3) is 0.0800. The smallest absolute Gasteiger partial charge is 0.335 e. The van der Waals surface area contributed by atoms with Crippen LogP contribution in [0.15, 0.2) is 95.9 Å². The normalized spacial score (nSPS) is 11.2. The number of sulfonamides is 1. The van der Waals surface area contributed by atoms with Crippen LogP contribution in [0.2, 0.25) is 0 Å². The van der Waals surface area contributed by atoms with Gasteiger partial charge in [-0.1, -0.05) is 30.3 Å². The Bertz CT molecular complexity index is 1370. The number of carbonyl (C=O) groups is 1. The second kappa shape index (κ2) is 9.62. The topological polar surface area (TPSA) is 102 Å². The van der Waals surface area contributed by atoms with Crippen LogP contribution in [0.4, 0.5) is 5.69 Å². The number of aromatic carboxylic acids is 1. The van der Waals surface area contributed by atoms with Crippen molar-refractivity contribution < 1.29 is 27.8 Å². The molecular formula is C25H21NO6S. The molecule has 0 aliphatic heterocycles. The third kappa shape index (κ3) is 5.61. The zero-order valence-electron chi connectivity index (χ0n) is 17.5. The van der Waals surface area contributed by atoms with E-state index in [1.165, 1.54) is 12.1 Å². The van der Waals surface area contributed by atoms with E-state index in [0.717, 1.165) is 10.8 Å². The SMILES string of the molecule is O=C(O)c1ccc(OCCOc2ccc(NS(=O)(=O)c3ccc4ccccc4c3)cc2)cc1. The lowest BCUT2D eigenvalue weighted by Crippen LogP contribution is -2.13. The number of fused-ring (bicyclic) bond motifs is 1. The molecule has 4 aromatic rings. The van der Waals surface area contributed by atoms with Crippen LogP contribution < -0.4 is 14.2 Å². The van der Waals surface area contributed by atoms with Crippen molar-refractivity contribution in [3.63, 3.8) is 0 Å². The number of rotatable bonds is 9. The molecule has 0 spiro atoms. The van der Waals surface area contributed by atoms with Gasteiger partial charge in [-0.3, -0.25) is 4.72 Å². The van der Waals surface area contributed by atoms with Crippen LogP contribution in [0.1, 0.15) is 10.4 Å². The fourth-order valence-electron chi connectivity index (χ4n) is 3.18. The van der Waals surface area contributed by atoms with E-state index in [4.69, 9.17) is 14.6 Å². The Balaban J connectivity index is 1.30. The molecule has 0 atom stereocenters. The number of carboxylic acids is 1. The molecule has 4 rings (SSSR count). The van der Waals surface area contributed by atoms with Gasteiger partial charge in [0.05, 0.1) is 10.5 Å². The first kappa shape index (κ1) is 22.2. The standard InChI is InChI=1S/C25H21NO6S/c27-25(28)19-5-10-22(11-6-19)31-15-16-32-23-12-8-21(9-13-23)26-33(29,30)24-14-7-18-3-1-2-4-20(18)17-24/h1-14,17,26H,15-16H2,(H,27,28). The van der Waals surface area contributed by atoms with Crippen LogP contribution in [0, 0.1) is 0 Å². The summed E-state index contributed by atoms with van der Waals surface area (Å²) < 4.78 is 39.2. The average Bonchev–Trinajstić information content (AvgIpc) is 2.82. The minimum atomic E-state index is -3.73. The second-order valence-electron chi connectivity index (χ2n) is 7.17. The lowest BCUT2D eigenvalue weighted by atomic mass is 10.1. The molecule has 0 bridgehead atoms. The zero-order chi connectivity index (χ0) is 23.3. The largest absolute Gasteiger partial charge is 0.490 e. The summed E-state index contributed by atoms with van der Waals surface area (Å²) in [7, 11) is -3.73. The number of ether oxygens (including phenoxy) is 2. The predicted molar refractivity (Wildman–Crippen MR) is 126 cm³/mol. The monoisotopic (exact) mass is 463 g/mol. The number of hydrogen-bond donors (Lipinski definition) is 2. The van der Waals surface area contributed by atoms with Crippen LogP contribution in [-0.2, 0) is 10.0 Å². The minimum absolute atomic E-state index is 0.190. The van der Waals surface area contributed by atoms with E-state index >= 15 is 0 Å². The van der Waals surface area contributed by atoms with Crippen molar-refractivity contribution in [2.75, 3.05) is 17.9 Å². The third-order valence-electron chi connectivity index (χ3n) is 4.86. The molecule has 0 heterocycles. The van der Waals surface area contributed by atoms with Gasteiger partial charge in [-0.15, -0.1) is 0 Å². The molecule has 33 heavy (non-hydrogen) atoms.